The highest BCUT2D eigenvalue weighted by Crippen LogP contribution is 2.29. The van der Waals surface area contributed by atoms with Crippen molar-refractivity contribution in [1.82, 2.24) is 4.57 Å². The van der Waals surface area contributed by atoms with Crippen molar-refractivity contribution >= 4 is 32.8 Å². The summed E-state index contributed by atoms with van der Waals surface area (Å²) in [6, 6.07) is 9.39. The molecule has 0 unspecified atom stereocenters. The van der Waals surface area contributed by atoms with Gasteiger partial charge in [-0.05, 0) is 57.9 Å². The molecule has 1 heterocycles. The second-order valence-corrected chi connectivity index (χ2v) is 5.68. The molecule has 0 fully saturated rings. The van der Waals surface area contributed by atoms with Gasteiger partial charge in [0, 0.05) is 21.7 Å². The molecule has 5 heteroatoms. The van der Waals surface area contributed by atoms with Crippen molar-refractivity contribution in [2.24, 2.45) is 0 Å². The molecule has 0 radical (unpaired) electrons. The summed E-state index contributed by atoms with van der Waals surface area (Å²) in [6.45, 7) is 3.70. The number of phenolic OH excluding ortho intramolecular Hbond substituents is 2. The van der Waals surface area contributed by atoms with Crippen molar-refractivity contribution in [2.45, 2.75) is 0 Å². The Morgan fingerprint density at radius 2 is 1.77 bits per heavy atom. The molecule has 2 N–H and O–H groups in total. The van der Waals surface area contributed by atoms with Crippen molar-refractivity contribution in [1.29, 1.82) is 0 Å². The van der Waals surface area contributed by atoms with Crippen LogP contribution >= 0.6 is 15.9 Å². The summed E-state index contributed by atoms with van der Waals surface area (Å²) in [5.74, 6) is 0.207. The monoisotopic (exact) mass is 357 g/mol. The first-order chi connectivity index (χ1) is 10.5. The lowest BCUT2D eigenvalue weighted by molar-refractivity contribution is 0.475. The van der Waals surface area contributed by atoms with E-state index >= 15 is 0 Å². The molecule has 1 aromatic heterocycles. The Bertz CT molecular complexity index is 943. The van der Waals surface area contributed by atoms with Crippen LogP contribution in [0.5, 0.6) is 11.5 Å². The molecular formula is C17H12BrNO3. The van der Waals surface area contributed by atoms with Crippen molar-refractivity contribution in [2.75, 3.05) is 0 Å². The lowest BCUT2D eigenvalue weighted by Crippen LogP contribution is -2.18. The zero-order chi connectivity index (χ0) is 15.9. The van der Waals surface area contributed by atoms with Gasteiger partial charge in [0.2, 0.25) is 0 Å². The highest BCUT2D eigenvalue weighted by atomic mass is 79.9. The minimum Gasteiger partial charge on any atom is -0.508 e. The number of aromatic hydroxyl groups is 2. The normalized spacial score (nSPS) is 10.8. The van der Waals surface area contributed by atoms with Crippen molar-refractivity contribution in [3.05, 3.63) is 69.6 Å². The molecular weight excluding hydrogens is 346 g/mol. The molecule has 0 amide bonds. The number of benzene rings is 2. The number of hydrogen-bond acceptors (Lipinski definition) is 3. The Balaban J connectivity index is 2.42. The third-order valence-electron chi connectivity index (χ3n) is 3.43. The first kappa shape index (κ1) is 14.4. The Morgan fingerprint density at radius 1 is 1.09 bits per heavy atom. The fourth-order valence-corrected chi connectivity index (χ4v) is 2.92. The fraction of sp³-hybridized carbons (Fsp3) is 0. The highest BCUT2D eigenvalue weighted by Gasteiger charge is 2.13. The van der Waals surface area contributed by atoms with Gasteiger partial charge >= 0.3 is 0 Å². The van der Waals surface area contributed by atoms with Gasteiger partial charge in [-0.2, -0.15) is 0 Å². The van der Waals surface area contributed by atoms with Crippen LogP contribution in [0.2, 0.25) is 0 Å². The molecule has 0 aliphatic carbocycles. The molecule has 2 aromatic carbocycles. The Morgan fingerprint density at radius 3 is 2.41 bits per heavy atom. The summed E-state index contributed by atoms with van der Waals surface area (Å²) < 4.78 is 2.16. The van der Waals surface area contributed by atoms with E-state index in [4.69, 9.17) is 0 Å². The van der Waals surface area contributed by atoms with E-state index in [2.05, 4.69) is 22.5 Å². The molecule has 3 rings (SSSR count). The second kappa shape index (κ2) is 5.35. The van der Waals surface area contributed by atoms with Crippen LogP contribution < -0.4 is 5.56 Å². The minimum atomic E-state index is -0.223. The van der Waals surface area contributed by atoms with Crippen LogP contribution in [0.4, 0.5) is 0 Å². The third-order valence-corrected chi connectivity index (χ3v) is 4.07. The number of nitrogens with zero attached hydrogens (tertiary/aromatic N) is 1. The summed E-state index contributed by atoms with van der Waals surface area (Å²) in [5, 5.41) is 20.2. The average molecular weight is 358 g/mol. The summed E-state index contributed by atoms with van der Waals surface area (Å²) in [4.78, 5) is 12.8. The summed E-state index contributed by atoms with van der Waals surface area (Å²) in [5.41, 5.74) is 0.973. The van der Waals surface area contributed by atoms with Gasteiger partial charge in [-0.3, -0.25) is 9.36 Å². The number of pyridine rings is 1. The maximum Gasteiger partial charge on any atom is 0.263 e. The number of hydrogen-bond donors (Lipinski definition) is 2. The predicted octanol–water partition coefficient (Wildman–Crippen LogP) is 3.81. The van der Waals surface area contributed by atoms with Crippen LogP contribution in [0.25, 0.3) is 22.5 Å². The molecule has 3 aromatic rings. The second-order valence-electron chi connectivity index (χ2n) is 4.83. The molecule has 4 nitrogen and oxygen atoms in total. The van der Waals surface area contributed by atoms with Crippen LogP contribution in [-0.4, -0.2) is 14.8 Å². The Hall–Kier alpha value is -2.53. The third kappa shape index (κ3) is 2.29. The van der Waals surface area contributed by atoms with Crippen LogP contribution in [0.15, 0.2) is 58.4 Å². The zero-order valence-corrected chi connectivity index (χ0v) is 13.0. The summed E-state index contributed by atoms with van der Waals surface area (Å²) in [7, 11) is 0. The molecule has 22 heavy (non-hydrogen) atoms. The first-order valence-electron chi connectivity index (χ1n) is 6.51. The predicted molar refractivity (Wildman–Crippen MR) is 90.7 cm³/mol. The van der Waals surface area contributed by atoms with Crippen molar-refractivity contribution in [3.63, 3.8) is 0 Å². The molecule has 0 saturated heterocycles. The van der Waals surface area contributed by atoms with E-state index in [1.807, 2.05) is 0 Å². The molecule has 0 saturated carbocycles. The molecule has 0 spiro atoms. The number of fused-ring (bicyclic) bond motifs is 1. The molecule has 0 aliphatic rings. The van der Waals surface area contributed by atoms with E-state index in [1.165, 1.54) is 34.9 Å². The van der Waals surface area contributed by atoms with E-state index < -0.39 is 0 Å². The lowest BCUT2D eigenvalue weighted by atomic mass is 10.1. The molecule has 110 valence electrons. The summed E-state index contributed by atoms with van der Waals surface area (Å²) >= 11 is 3.44. The van der Waals surface area contributed by atoms with Gasteiger partial charge in [-0.15, -0.1) is 0 Å². The van der Waals surface area contributed by atoms with Crippen LogP contribution in [0.1, 0.15) is 5.56 Å². The molecule has 0 atom stereocenters. The number of rotatable bonds is 2. The number of aromatic nitrogens is 1. The maximum absolute atomic E-state index is 12.8. The lowest BCUT2D eigenvalue weighted by Gasteiger charge is -2.11. The Kier molecular flexibility index (Phi) is 3.50. The summed E-state index contributed by atoms with van der Waals surface area (Å²) in [6.07, 6.45) is 3.18. The Labute approximate surface area is 134 Å². The fourth-order valence-electron chi connectivity index (χ4n) is 2.40. The van der Waals surface area contributed by atoms with Crippen molar-refractivity contribution < 1.29 is 10.2 Å². The average Bonchev–Trinajstić information content (AvgIpc) is 2.51. The van der Waals surface area contributed by atoms with Crippen LogP contribution in [0.3, 0.4) is 0 Å². The van der Waals surface area contributed by atoms with Crippen LogP contribution in [-0.2, 0) is 0 Å². The highest BCUT2D eigenvalue weighted by molar-refractivity contribution is 9.10. The standard InChI is InChI=1S/C17H12BrNO3/c1-2-10-7-13(21)8-14-15(18)9-19(17(22)16(10)14)11-3-5-12(20)6-4-11/h2-9,20-21H,1H2. The smallest absolute Gasteiger partial charge is 0.263 e. The van der Waals surface area contributed by atoms with Crippen molar-refractivity contribution in [3.8, 4) is 17.2 Å². The SMILES string of the molecule is C=Cc1cc(O)cc2c(Br)cn(-c3ccc(O)cc3)c(=O)c12. The van der Waals surface area contributed by atoms with Gasteiger partial charge in [0.25, 0.3) is 5.56 Å². The minimum absolute atomic E-state index is 0.0740. The van der Waals surface area contributed by atoms with Gasteiger partial charge in [0.1, 0.15) is 11.5 Å². The van der Waals surface area contributed by atoms with Gasteiger partial charge in [0.05, 0.1) is 5.39 Å². The molecule has 0 aliphatic heterocycles. The quantitative estimate of drug-likeness (QED) is 0.732. The van der Waals surface area contributed by atoms with Gasteiger partial charge in [-0.1, -0.05) is 12.7 Å². The van der Waals surface area contributed by atoms with E-state index in [0.29, 0.717) is 26.5 Å². The van der Waals surface area contributed by atoms with E-state index in [-0.39, 0.29) is 17.1 Å². The van der Waals surface area contributed by atoms with E-state index in [1.54, 1.807) is 18.3 Å². The van der Waals surface area contributed by atoms with Gasteiger partial charge in [-0.25, -0.2) is 0 Å². The number of halogens is 1. The maximum atomic E-state index is 12.8. The van der Waals surface area contributed by atoms with Gasteiger partial charge < -0.3 is 10.2 Å². The van der Waals surface area contributed by atoms with E-state index in [9.17, 15) is 15.0 Å². The first-order valence-corrected chi connectivity index (χ1v) is 7.30. The van der Waals surface area contributed by atoms with Gasteiger partial charge in [0.15, 0.2) is 0 Å². The zero-order valence-electron chi connectivity index (χ0n) is 11.5. The topological polar surface area (TPSA) is 62.5 Å². The van der Waals surface area contributed by atoms with E-state index in [0.717, 1.165) is 0 Å². The largest absolute Gasteiger partial charge is 0.508 e. The molecule has 0 bridgehead atoms. The van der Waals surface area contributed by atoms with Crippen LogP contribution in [0, 0.1) is 0 Å². The number of phenols is 2.